The van der Waals surface area contributed by atoms with Gasteiger partial charge in [0.1, 0.15) is 50.3 Å². The van der Waals surface area contributed by atoms with E-state index in [-0.39, 0.29) is 66.5 Å². The molecule has 0 radical (unpaired) electrons. The fraction of sp³-hybridized carbons (Fsp3) is 0.488. The van der Waals surface area contributed by atoms with E-state index in [0.717, 1.165) is 65.8 Å². The molecule has 0 atom stereocenters. The van der Waals surface area contributed by atoms with Gasteiger partial charge in [0.2, 0.25) is 29.8 Å². The van der Waals surface area contributed by atoms with E-state index >= 15 is 0 Å². The molecule has 6 aromatic rings. The number of nitrogen functional groups attached to an aromatic ring is 1. The number of Topliss-reactive ketones (excluding diaryl/α,β-unsaturated/α-hetero) is 3. The Hall–Kier alpha value is -7.45. The van der Waals surface area contributed by atoms with Gasteiger partial charge in [-0.25, -0.2) is 56.1 Å². The van der Waals surface area contributed by atoms with Crippen LogP contribution < -0.4 is 10.8 Å². The van der Waals surface area contributed by atoms with Crippen LogP contribution in [0.15, 0.2) is 167 Å². The number of unbranched alkanes of at least 4 members (excludes halogenated alkanes) is 7. The lowest BCUT2D eigenvalue weighted by Crippen LogP contribution is -2.64. The molecule has 0 unspecified atom stereocenters. The molecular weight excluding hydrogens is 2140 g/mol. The van der Waals surface area contributed by atoms with Gasteiger partial charge in [-0.05, 0) is 167 Å². The molecule has 57 heteroatoms. The highest BCUT2D eigenvalue weighted by molar-refractivity contribution is 8.47. The summed E-state index contributed by atoms with van der Waals surface area (Å²) in [4.78, 5) is 67.1. The highest BCUT2D eigenvalue weighted by Gasteiger charge is 2.81. The number of rotatable bonds is 38. The van der Waals surface area contributed by atoms with Gasteiger partial charge in [-0.3, -0.25) is 19.4 Å². The number of hydrogen-bond donors (Lipinski definition) is 2. The normalized spacial score (nSPS) is 14.9. The largest absolute Gasteiger partial charge is 0.795 e. The second-order valence-electron chi connectivity index (χ2n) is 30.9. The molecule has 796 valence electrons. The van der Waals surface area contributed by atoms with E-state index in [2.05, 4.69) is 65.1 Å². The number of aryl methyl sites for hydroxylation is 1. The van der Waals surface area contributed by atoms with Crippen molar-refractivity contribution >= 4 is 171 Å². The third kappa shape index (κ3) is 44.8. The van der Waals surface area contributed by atoms with E-state index in [1.807, 2.05) is 60.7 Å². The Morgan fingerprint density at radius 3 is 1.60 bits per heavy atom. The van der Waals surface area contributed by atoms with Crippen LogP contribution in [0.3, 0.4) is 0 Å². The number of allylic oxidation sites excluding steroid dienone is 1. The van der Waals surface area contributed by atoms with E-state index in [1.54, 1.807) is 72.9 Å². The monoisotopic (exact) mass is 2240 g/mol. The van der Waals surface area contributed by atoms with Crippen molar-refractivity contribution in [2.24, 2.45) is 10.2 Å². The summed E-state index contributed by atoms with van der Waals surface area (Å²) in [7, 11) is -35.9. The molecule has 10 rings (SSSR count). The van der Waals surface area contributed by atoms with Gasteiger partial charge in [0.05, 0.1) is 31.7 Å². The van der Waals surface area contributed by atoms with Crippen molar-refractivity contribution in [3.63, 3.8) is 0 Å². The van der Waals surface area contributed by atoms with Crippen molar-refractivity contribution in [2.75, 3.05) is 90.7 Å². The quantitative estimate of drug-likeness (QED) is 0.00295. The molecule has 0 spiro atoms. The molecule has 1 amide bonds. The predicted molar refractivity (Wildman–Crippen MR) is 516 cm³/mol. The lowest BCUT2D eigenvalue weighted by atomic mass is 9.99. The number of nitrogens with zero attached hydrogens (tertiary/aromatic N) is 6. The van der Waals surface area contributed by atoms with Crippen LogP contribution in [-0.4, -0.2) is 209 Å². The third-order valence-electron chi connectivity index (χ3n) is 19.8. The summed E-state index contributed by atoms with van der Waals surface area (Å²) in [5.41, 5.74) is 4.74. The zero-order valence-corrected chi connectivity index (χ0v) is 85.6. The number of anilines is 1. The van der Waals surface area contributed by atoms with Gasteiger partial charge in [-0.15, -0.1) is 33.6 Å². The van der Waals surface area contributed by atoms with Gasteiger partial charge in [0.25, 0.3) is 10.0 Å². The number of carbonyl (C=O) groups is 5. The zero-order chi connectivity index (χ0) is 107. The number of hydrogen-bond acceptors (Lipinski definition) is 25. The number of aliphatic imine (C=N–C) groups is 1. The van der Waals surface area contributed by atoms with Crippen molar-refractivity contribution in [1.82, 2.24) is 9.21 Å². The van der Waals surface area contributed by atoms with Gasteiger partial charge < -0.3 is 29.1 Å². The zero-order valence-electron chi connectivity index (χ0n) is 76.6. The SMILES string of the molecule is CCCCCCCCS(=O)(=O)[N-]S(=O)(=O)c1cccc2cccc(N)c12.CCCC[S+](CCCC)CC(=O)c1ccccc1.CN1CCN(S(=O)(=O)C(F)(F)C(F)(F)C(F)(F)S(=O)(=O)[N-]S(=O)(=O)C(F)(F)F)CC1.Cc1ccc(C(=O)C(C)(C)[S+]2CCCC2)cc1.FOOOSF.O=C(C[S+]1CCCC1)c1ccc(O)cc1.O=C(F)F.O=NC(=O)F.[O-]C(F)=S=S(F)(F)(F)Cc1ccc(C2=NC=CC2)cc1. The molecular formula is C84H107F18N7O21S11. The van der Waals surface area contributed by atoms with Crippen LogP contribution in [0.5, 0.6) is 5.75 Å². The summed E-state index contributed by atoms with van der Waals surface area (Å²) in [6, 6.07) is 39.6. The first-order valence-electron chi connectivity index (χ1n) is 42.1. The molecule has 0 aromatic heterocycles. The number of nitrogens with two attached hydrogens (primary N) is 1. The van der Waals surface area contributed by atoms with Crippen LogP contribution in [-0.2, 0) is 122 Å². The number of alkyl halides is 9. The number of piperazine rings is 1. The van der Waals surface area contributed by atoms with Gasteiger partial charge in [0, 0.05) is 93.5 Å². The van der Waals surface area contributed by atoms with E-state index < -0.39 is 140 Å². The summed E-state index contributed by atoms with van der Waals surface area (Å²) in [5, 5.41) is 9.96. The van der Waals surface area contributed by atoms with Crippen molar-refractivity contribution in [1.29, 1.82) is 0 Å². The van der Waals surface area contributed by atoms with Crippen LogP contribution in [0.2, 0.25) is 0 Å². The van der Waals surface area contributed by atoms with E-state index in [9.17, 15) is 139 Å². The summed E-state index contributed by atoms with van der Waals surface area (Å²) in [6.07, 6.45) is 14.7. The minimum atomic E-state index is -7.88. The molecule has 4 heterocycles. The Morgan fingerprint density at radius 2 is 1.13 bits per heavy atom. The Bertz CT molecular complexity index is 5760. The number of sulfonamides is 5. The number of fused-ring (bicyclic) bond motifs is 1. The van der Waals surface area contributed by atoms with Crippen LogP contribution in [0.1, 0.15) is 179 Å². The number of carbonyl (C=O) groups excluding carboxylic acids is 5. The lowest BCUT2D eigenvalue weighted by molar-refractivity contribution is -0.549. The maximum atomic E-state index is 14.0. The minimum absolute atomic E-state index is 0.00329. The highest BCUT2D eigenvalue weighted by Crippen LogP contribution is 2.54. The van der Waals surface area contributed by atoms with Gasteiger partial charge >= 0.3 is 34.4 Å². The lowest BCUT2D eigenvalue weighted by Gasteiger charge is -2.39. The summed E-state index contributed by atoms with van der Waals surface area (Å²) < 4.78 is 345. The maximum absolute atomic E-state index is 14.0. The second-order valence-corrected chi connectivity index (χ2v) is 52.4. The molecule has 0 bridgehead atoms. The molecule has 6 aromatic carbocycles. The predicted octanol–water partition coefficient (Wildman–Crippen LogP) is 20.4. The van der Waals surface area contributed by atoms with Crippen LogP contribution in [0.4, 0.5) is 92.4 Å². The van der Waals surface area contributed by atoms with Crippen molar-refractivity contribution < 1.29 is 168 Å². The fourth-order valence-corrected chi connectivity index (χ4v) is 29.0. The number of ketones is 3. The maximum Gasteiger partial charge on any atom is 0.483 e. The molecule has 3 N–H and O–H groups in total. The first-order chi connectivity index (χ1) is 65.4. The highest BCUT2D eigenvalue weighted by atomic mass is 32.9. The van der Waals surface area contributed by atoms with Crippen molar-refractivity contribution in [2.45, 2.75) is 175 Å². The minimum Gasteiger partial charge on any atom is -0.795 e. The van der Waals surface area contributed by atoms with E-state index in [4.69, 9.17) is 25.3 Å². The number of nitroso groups, excluding NO2 is 1. The number of halogens is 18. The standard InChI is InChI=1S/C18H25N2O4S2.C16H25OS.C15H21OS.C12H11F4NOS2.C12H14O2S.C9H11F9N3O6S3.CF2O.CFNO2.F2O3S/c1-2-3-4-5-6-7-14-25(21,22)20-26(23,24)17-13-9-11-15-10-8-12-16(19)18(15)17;1-3-5-12-18(13-6-4-2)14-16(17)15-10-8-7-9-11-15;1-12-6-8-13(9-7-12)14(16)15(2,3)17-10-4-5-11-17;13-12(18)19-20(14,15,16)8-9-3-5-10(6-4-9)11-2-1-7-17-11;13-11-5-3-10(4-6-11)12(14)9-15-7-1-2-8-15;1-20-2-4-21(5-3-20)30(26,27)8(14,15)6(10,11)7(12,13)28(22,23)19-29(24,25)9(16,17)18;2-1(3)4;2-1(4)3-5;1-3-4-5-6-2/h8-13H,2-7,14,19H2,1H3;7-11H,3-6,12-14H2,1-2H3;6-9H,4-5,10-11H2,1-3H3;1,3-7,18H,2,8H2;3-6H,1-2,7-9H2;2-5H2,1H3;;;/q-1;2*+1;;;-1;;;. The van der Waals surface area contributed by atoms with E-state index in [1.165, 1.54) is 127 Å². The molecule has 4 aliphatic heterocycles. The van der Waals surface area contributed by atoms with Crippen LogP contribution in [0.25, 0.3) is 19.0 Å². The van der Waals surface area contributed by atoms with Crippen LogP contribution >= 0.6 is 12.4 Å². The Kier molecular flexibility index (Phi) is 55.7. The molecule has 141 heavy (non-hydrogen) atoms. The Morgan fingerprint density at radius 1 is 0.631 bits per heavy atom. The third-order valence-corrected chi connectivity index (χ3v) is 39.2. The molecule has 3 fully saturated rings. The van der Waals surface area contributed by atoms with E-state index in [0.29, 0.717) is 66.9 Å². The van der Waals surface area contributed by atoms with Gasteiger partial charge in [-0.1, -0.05) is 185 Å². The molecule has 4 aliphatic rings. The average molecular weight is 2250 g/mol. The number of phenolic OH excluding ortho intramolecular Hbond substituents is 1. The summed E-state index contributed by atoms with van der Waals surface area (Å²) in [6.45, 7) is 10.5. The van der Waals surface area contributed by atoms with Crippen molar-refractivity contribution in [3.05, 3.63) is 198 Å². The molecule has 0 saturated carbocycles. The summed E-state index contributed by atoms with van der Waals surface area (Å²) in [5.74, 6) is 0.970. The Labute approximate surface area is 822 Å². The smallest absolute Gasteiger partial charge is 0.483 e. The Balaban J connectivity index is 0.000000561. The fourth-order valence-electron chi connectivity index (χ4n) is 12.5. The summed E-state index contributed by atoms with van der Waals surface area (Å²) >= 11 is -0.661. The van der Waals surface area contributed by atoms with Gasteiger partial charge in [0.15, 0.2) is 45.2 Å². The number of amides is 1. The number of phenols is 1. The molecule has 3 saturated heterocycles. The van der Waals surface area contributed by atoms with Crippen molar-refractivity contribution in [3.8, 4) is 5.75 Å². The first kappa shape index (κ1) is 130. The average Bonchev–Trinajstić information content (AvgIpc) is 1.18. The topological polar surface area (TPSA) is 430 Å². The number of aromatic hydroxyl groups is 1. The van der Waals surface area contributed by atoms with Crippen LogP contribution in [0, 0.1) is 11.8 Å². The molecule has 28 nitrogen and oxygen atoms in total. The molecule has 0 aliphatic carbocycles. The second kappa shape index (κ2) is 60.6. The number of benzene rings is 6. The van der Waals surface area contributed by atoms with Gasteiger partial charge in [-0.2, -0.15) is 43.8 Å². The first-order valence-corrected chi connectivity index (χ1v) is 58.3. The number of likely N-dealkylation sites (N-methyl/N-ethyl adjacent to an activating group) is 1.